The highest BCUT2D eigenvalue weighted by Gasteiger charge is 2.49. The molecule has 0 spiro atoms. The topological polar surface area (TPSA) is 15.0 Å². The van der Waals surface area contributed by atoms with Crippen molar-refractivity contribution in [3.63, 3.8) is 0 Å². The van der Waals surface area contributed by atoms with Crippen molar-refractivity contribution < 1.29 is 0 Å². The molecule has 3 heterocycles. The Kier molecular flexibility index (Phi) is 1.02. The number of fused-ring (bicyclic) bond motifs is 1. The van der Waals surface area contributed by atoms with Crippen LogP contribution in [0.2, 0.25) is 0 Å². The van der Waals surface area contributed by atoms with Crippen LogP contribution in [0.25, 0.3) is 0 Å². The zero-order chi connectivity index (χ0) is 5.40. The predicted octanol–water partition coefficient (Wildman–Crippen LogP) is -0.336. The molecule has 8 heavy (non-hydrogen) atoms. The summed E-state index contributed by atoms with van der Waals surface area (Å²) in [4.78, 5) is 2.42. The van der Waals surface area contributed by atoms with Gasteiger partial charge in [0.2, 0.25) is 0 Å². The monoisotopic (exact) mass is 112 g/mol. The zero-order valence-electron chi connectivity index (χ0n) is 5.06. The van der Waals surface area contributed by atoms with Crippen molar-refractivity contribution in [1.82, 2.24) is 10.2 Å². The third kappa shape index (κ3) is 1.01. The van der Waals surface area contributed by atoms with Crippen LogP contribution in [0.5, 0.6) is 0 Å². The summed E-state index contributed by atoms with van der Waals surface area (Å²) in [6, 6.07) is 1.08. The van der Waals surface area contributed by atoms with E-state index in [1.807, 2.05) is 0 Å². The average Bonchev–Trinajstić information content (AvgIpc) is 1.90. The molecular weight excluding hydrogens is 100 g/mol. The van der Waals surface area contributed by atoms with Gasteiger partial charge in [-0.25, -0.2) is 0 Å². The summed E-state index contributed by atoms with van der Waals surface area (Å²) in [5, 5.41) is 3.11. The van der Waals surface area contributed by atoms with Crippen LogP contribution in [0.15, 0.2) is 0 Å². The number of hydrogen-bond acceptors (Lipinski definition) is 2. The highest BCUT2D eigenvalue weighted by molar-refractivity contribution is 5.07. The van der Waals surface area contributed by atoms with E-state index in [1.165, 1.54) is 32.6 Å². The van der Waals surface area contributed by atoms with Gasteiger partial charge in [0.1, 0.15) is 0 Å². The molecular formula is C6H12N2. The predicted molar refractivity (Wildman–Crippen MR) is 32.8 cm³/mol. The molecule has 0 amide bonds. The molecule has 3 aliphatic rings. The summed E-state index contributed by atoms with van der Waals surface area (Å²) >= 11 is 0. The van der Waals surface area contributed by atoms with E-state index in [0.717, 1.165) is 6.04 Å². The van der Waals surface area contributed by atoms with Crippen LogP contribution in [0.4, 0.5) is 0 Å². The van der Waals surface area contributed by atoms with Crippen molar-refractivity contribution in [3.05, 3.63) is 0 Å². The highest BCUT2D eigenvalue weighted by atomic mass is 15.5. The molecule has 0 aliphatic carbocycles. The Balaban J connectivity index is 0.0000000675. The Labute approximate surface area is 49.9 Å². The summed E-state index contributed by atoms with van der Waals surface area (Å²) < 4.78 is 0. The molecule has 2 nitrogen and oxygen atoms in total. The lowest BCUT2D eigenvalue weighted by atomic mass is 10.3. The summed E-state index contributed by atoms with van der Waals surface area (Å²) in [5.41, 5.74) is 0. The first-order valence-electron chi connectivity index (χ1n) is 3.41. The van der Waals surface area contributed by atoms with E-state index >= 15 is 0 Å². The van der Waals surface area contributed by atoms with Gasteiger partial charge in [-0.05, 0) is 19.5 Å². The Hall–Kier alpha value is -0.0800. The lowest BCUT2D eigenvalue weighted by molar-refractivity contribution is 0.527. The van der Waals surface area contributed by atoms with Crippen molar-refractivity contribution in [2.24, 2.45) is 0 Å². The molecule has 3 fully saturated rings. The van der Waals surface area contributed by atoms with Crippen LogP contribution in [0, 0.1) is 0 Å². The molecule has 0 atom stereocenters. The van der Waals surface area contributed by atoms with Crippen LogP contribution >= 0.6 is 0 Å². The number of nitrogens with zero attached hydrogens (tertiary/aromatic N) is 1. The van der Waals surface area contributed by atoms with E-state index in [9.17, 15) is 0 Å². The van der Waals surface area contributed by atoms with Crippen molar-refractivity contribution in [2.75, 3.05) is 26.2 Å². The Morgan fingerprint density at radius 3 is 1.50 bits per heavy atom. The van der Waals surface area contributed by atoms with Crippen LogP contribution in [0.3, 0.4) is 0 Å². The normalized spacial score (nSPS) is 45.0. The second-order valence-corrected chi connectivity index (χ2v) is 2.71. The minimum Gasteiger partial charge on any atom is -0.317 e. The largest absolute Gasteiger partial charge is 0.317 e. The molecule has 3 rings (SSSR count). The maximum absolute atomic E-state index is 3.11. The first kappa shape index (κ1) is 4.77. The molecule has 1 N–H and O–H groups in total. The summed E-state index contributed by atoms with van der Waals surface area (Å²) in [6.45, 7) is 5.33. The van der Waals surface area contributed by atoms with Gasteiger partial charge in [-0.2, -0.15) is 0 Å². The Morgan fingerprint density at radius 2 is 1.50 bits per heavy atom. The lowest BCUT2D eigenvalue weighted by Gasteiger charge is -2.09. The highest BCUT2D eigenvalue weighted by Crippen LogP contribution is 2.32. The van der Waals surface area contributed by atoms with E-state index < -0.39 is 0 Å². The minimum atomic E-state index is 1.08. The zero-order valence-corrected chi connectivity index (χ0v) is 5.06. The van der Waals surface area contributed by atoms with Gasteiger partial charge in [-0.3, -0.25) is 4.90 Å². The fourth-order valence-electron chi connectivity index (χ4n) is 0.570. The molecule has 0 aromatic carbocycles. The summed E-state index contributed by atoms with van der Waals surface area (Å²) in [5.74, 6) is 0. The standard InChI is InChI=1S/C3H5N.C3H7N/c1-3-2-4(1)3;1-2-4-3-1/h3H,1-2H2;4H,1-3H2. The van der Waals surface area contributed by atoms with Gasteiger partial charge in [-0.15, -0.1) is 0 Å². The number of hydrogen-bond donors (Lipinski definition) is 1. The smallest absolute Gasteiger partial charge is 0.0352 e. The minimum absolute atomic E-state index is 1.08. The van der Waals surface area contributed by atoms with E-state index in [1.54, 1.807) is 0 Å². The molecule has 0 unspecified atom stereocenters. The summed E-state index contributed by atoms with van der Waals surface area (Å²) in [7, 11) is 0. The molecule has 0 saturated carbocycles. The quantitative estimate of drug-likeness (QED) is 0.431. The van der Waals surface area contributed by atoms with Crippen LogP contribution < -0.4 is 5.32 Å². The van der Waals surface area contributed by atoms with Gasteiger partial charge in [0, 0.05) is 19.1 Å². The second kappa shape index (κ2) is 1.71. The van der Waals surface area contributed by atoms with Gasteiger partial charge in [0.15, 0.2) is 0 Å². The molecule has 46 valence electrons. The number of rotatable bonds is 0. The van der Waals surface area contributed by atoms with Crippen LogP contribution in [-0.4, -0.2) is 37.1 Å². The first-order valence-corrected chi connectivity index (χ1v) is 3.41. The Bertz CT molecular complexity index is 72.5. The molecule has 3 saturated heterocycles. The van der Waals surface area contributed by atoms with Crippen molar-refractivity contribution >= 4 is 0 Å². The van der Waals surface area contributed by atoms with Gasteiger partial charge in [-0.1, -0.05) is 0 Å². The van der Waals surface area contributed by atoms with Crippen molar-refractivity contribution in [3.8, 4) is 0 Å². The number of nitrogens with one attached hydrogen (secondary N) is 1. The van der Waals surface area contributed by atoms with E-state index in [2.05, 4.69) is 10.2 Å². The molecule has 3 aliphatic heterocycles. The average molecular weight is 112 g/mol. The molecule has 0 aromatic rings. The van der Waals surface area contributed by atoms with Gasteiger partial charge >= 0.3 is 0 Å². The third-order valence-corrected chi connectivity index (χ3v) is 1.85. The van der Waals surface area contributed by atoms with Gasteiger partial charge in [0.05, 0.1) is 0 Å². The molecule has 0 bridgehead atoms. The molecule has 0 radical (unpaired) electrons. The lowest BCUT2D eigenvalue weighted by Crippen LogP contribution is -2.29. The fourth-order valence-corrected chi connectivity index (χ4v) is 0.570. The summed E-state index contributed by atoms with van der Waals surface area (Å²) in [6.07, 6.45) is 1.39. The fraction of sp³-hybridized carbons (Fsp3) is 1.00. The van der Waals surface area contributed by atoms with Gasteiger partial charge < -0.3 is 5.32 Å². The van der Waals surface area contributed by atoms with Crippen molar-refractivity contribution in [1.29, 1.82) is 0 Å². The first-order chi connectivity index (χ1) is 3.97. The maximum Gasteiger partial charge on any atom is 0.0352 e. The SMILES string of the molecule is C1C2CN12.C1CNC1. The van der Waals surface area contributed by atoms with Crippen LogP contribution in [0.1, 0.15) is 6.42 Å². The van der Waals surface area contributed by atoms with Crippen LogP contribution in [-0.2, 0) is 0 Å². The third-order valence-electron chi connectivity index (χ3n) is 1.85. The maximum atomic E-state index is 3.11. The second-order valence-electron chi connectivity index (χ2n) is 2.71. The van der Waals surface area contributed by atoms with E-state index in [-0.39, 0.29) is 0 Å². The van der Waals surface area contributed by atoms with E-state index in [0.29, 0.717) is 0 Å². The van der Waals surface area contributed by atoms with Crippen molar-refractivity contribution in [2.45, 2.75) is 12.5 Å². The molecule has 2 heteroatoms. The Morgan fingerprint density at radius 1 is 1.25 bits per heavy atom. The van der Waals surface area contributed by atoms with Gasteiger partial charge in [0.25, 0.3) is 0 Å². The molecule has 0 aromatic heterocycles. The van der Waals surface area contributed by atoms with E-state index in [4.69, 9.17) is 0 Å².